The normalized spacial score (nSPS) is 13.9. The summed E-state index contributed by atoms with van der Waals surface area (Å²) in [5.41, 5.74) is -0.725. The Bertz CT molecular complexity index is 323. The number of halogens is 3. The van der Waals surface area contributed by atoms with Crippen molar-refractivity contribution in [2.45, 2.75) is 32.0 Å². The number of nitrogens with zero attached hydrogens (tertiary/aromatic N) is 1. The summed E-state index contributed by atoms with van der Waals surface area (Å²) >= 11 is 0. The largest absolute Gasteiger partial charge is 0.433 e. The van der Waals surface area contributed by atoms with Crippen molar-refractivity contribution < 1.29 is 18.3 Å². The van der Waals surface area contributed by atoms with Crippen molar-refractivity contribution in [1.29, 1.82) is 0 Å². The monoisotopic (exact) mass is 219 g/mol. The smallest absolute Gasteiger partial charge is 0.393 e. The average Bonchev–Trinajstić information content (AvgIpc) is 2.13. The van der Waals surface area contributed by atoms with Crippen LogP contribution >= 0.6 is 0 Å². The molecule has 0 aliphatic rings. The maximum Gasteiger partial charge on any atom is 0.433 e. The van der Waals surface area contributed by atoms with Crippen molar-refractivity contribution in [3.63, 3.8) is 0 Å². The van der Waals surface area contributed by atoms with Crippen LogP contribution in [0.3, 0.4) is 0 Å². The number of aromatic nitrogens is 1. The summed E-state index contributed by atoms with van der Waals surface area (Å²) in [6.07, 6.45) is -3.43. The minimum atomic E-state index is -4.42. The summed E-state index contributed by atoms with van der Waals surface area (Å²) in [5, 5.41) is 9.01. The molecule has 0 aromatic carbocycles. The van der Waals surface area contributed by atoms with Crippen LogP contribution in [-0.2, 0) is 12.6 Å². The molecular formula is C10H12F3NO. The van der Waals surface area contributed by atoms with E-state index in [1.807, 2.05) is 0 Å². The zero-order valence-corrected chi connectivity index (χ0v) is 8.25. The number of rotatable bonds is 3. The lowest BCUT2D eigenvalue weighted by Crippen LogP contribution is -2.13. The molecule has 0 fully saturated rings. The van der Waals surface area contributed by atoms with E-state index >= 15 is 0 Å². The highest BCUT2D eigenvalue weighted by Crippen LogP contribution is 2.30. The maximum absolute atomic E-state index is 12.4. The highest BCUT2D eigenvalue weighted by atomic mass is 19.4. The molecule has 0 unspecified atom stereocenters. The second-order valence-corrected chi connectivity index (χ2v) is 3.40. The summed E-state index contributed by atoms with van der Waals surface area (Å²) in [4.78, 5) is 3.32. The van der Waals surface area contributed by atoms with Gasteiger partial charge < -0.3 is 5.11 Å². The van der Waals surface area contributed by atoms with Crippen LogP contribution in [0, 0.1) is 0 Å². The van der Waals surface area contributed by atoms with Crippen molar-refractivity contribution >= 4 is 0 Å². The standard InChI is InChI=1S/C10H12F3NO/c1-7(15)4-5-8-3-2-6-14-9(8)10(11,12)13/h2-3,6-7,15H,4-5H2,1H3/t7-/m1/s1. The predicted molar refractivity (Wildman–Crippen MR) is 49.2 cm³/mol. The molecule has 1 atom stereocenters. The highest BCUT2D eigenvalue weighted by molar-refractivity contribution is 5.22. The Morgan fingerprint density at radius 1 is 1.47 bits per heavy atom. The van der Waals surface area contributed by atoms with E-state index in [2.05, 4.69) is 4.98 Å². The summed E-state index contributed by atoms with van der Waals surface area (Å²) < 4.78 is 37.3. The van der Waals surface area contributed by atoms with Gasteiger partial charge in [0.15, 0.2) is 0 Å². The fourth-order valence-corrected chi connectivity index (χ4v) is 1.26. The van der Waals surface area contributed by atoms with Crippen LogP contribution < -0.4 is 0 Å². The van der Waals surface area contributed by atoms with Gasteiger partial charge in [0.25, 0.3) is 0 Å². The Balaban J connectivity index is 2.87. The molecule has 0 amide bonds. The van der Waals surface area contributed by atoms with Crippen molar-refractivity contribution in [2.24, 2.45) is 0 Å². The average molecular weight is 219 g/mol. The maximum atomic E-state index is 12.4. The quantitative estimate of drug-likeness (QED) is 0.846. The summed E-state index contributed by atoms with van der Waals surface area (Å²) in [5.74, 6) is 0. The second-order valence-electron chi connectivity index (χ2n) is 3.40. The molecule has 5 heteroatoms. The molecule has 0 saturated carbocycles. The molecule has 1 N–H and O–H groups in total. The van der Waals surface area contributed by atoms with E-state index in [0.29, 0.717) is 6.42 Å². The molecule has 1 heterocycles. The molecule has 1 rings (SSSR count). The first-order chi connectivity index (χ1) is 6.91. The van der Waals surface area contributed by atoms with Gasteiger partial charge in [-0.2, -0.15) is 13.2 Å². The van der Waals surface area contributed by atoms with Crippen molar-refractivity contribution in [3.8, 4) is 0 Å². The molecule has 2 nitrogen and oxygen atoms in total. The van der Waals surface area contributed by atoms with Gasteiger partial charge in [-0.1, -0.05) is 6.07 Å². The first-order valence-electron chi connectivity index (χ1n) is 4.60. The molecule has 1 aromatic rings. The number of aliphatic hydroxyl groups is 1. The van der Waals surface area contributed by atoms with Crippen molar-refractivity contribution in [2.75, 3.05) is 0 Å². The zero-order chi connectivity index (χ0) is 11.5. The van der Waals surface area contributed by atoms with Gasteiger partial charge in [0.1, 0.15) is 5.69 Å². The Labute approximate surface area is 85.8 Å². The number of hydrogen-bond acceptors (Lipinski definition) is 2. The molecular weight excluding hydrogens is 207 g/mol. The van der Waals surface area contributed by atoms with E-state index in [1.165, 1.54) is 12.1 Å². The number of aryl methyl sites for hydroxylation is 1. The highest BCUT2D eigenvalue weighted by Gasteiger charge is 2.34. The second kappa shape index (κ2) is 4.61. The SMILES string of the molecule is C[C@@H](O)CCc1cccnc1C(F)(F)F. The van der Waals surface area contributed by atoms with Crippen LogP contribution in [0.2, 0.25) is 0 Å². The molecule has 0 bridgehead atoms. The first kappa shape index (κ1) is 12.0. The molecule has 15 heavy (non-hydrogen) atoms. The number of aliphatic hydroxyl groups excluding tert-OH is 1. The van der Waals surface area contributed by atoms with Crippen LogP contribution in [0.5, 0.6) is 0 Å². The lowest BCUT2D eigenvalue weighted by molar-refractivity contribution is -0.141. The zero-order valence-electron chi connectivity index (χ0n) is 8.25. The van der Waals surface area contributed by atoms with E-state index < -0.39 is 18.0 Å². The van der Waals surface area contributed by atoms with Gasteiger partial charge in [0.05, 0.1) is 6.10 Å². The van der Waals surface area contributed by atoms with Crippen molar-refractivity contribution in [1.82, 2.24) is 4.98 Å². The Morgan fingerprint density at radius 2 is 2.13 bits per heavy atom. The molecule has 84 valence electrons. The first-order valence-corrected chi connectivity index (χ1v) is 4.60. The van der Waals surface area contributed by atoms with Crippen LogP contribution in [0.1, 0.15) is 24.6 Å². The molecule has 1 aromatic heterocycles. The Hall–Kier alpha value is -1.10. The van der Waals surface area contributed by atoms with Crippen LogP contribution in [0.15, 0.2) is 18.3 Å². The Kier molecular flexibility index (Phi) is 3.68. The van der Waals surface area contributed by atoms with E-state index in [4.69, 9.17) is 5.11 Å². The third kappa shape index (κ3) is 3.51. The van der Waals surface area contributed by atoms with Gasteiger partial charge in [-0.3, -0.25) is 4.98 Å². The molecule has 0 radical (unpaired) electrons. The molecule has 0 aliphatic heterocycles. The minimum Gasteiger partial charge on any atom is -0.393 e. The van der Waals surface area contributed by atoms with Gasteiger partial charge in [0, 0.05) is 6.20 Å². The van der Waals surface area contributed by atoms with Gasteiger partial charge in [-0.15, -0.1) is 0 Å². The molecule has 0 spiro atoms. The third-order valence-electron chi connectivity index (χ3n) is 1.99. The fourth-order valence-electron chi connectivity index (χ4n) is 1.26. The minimum absolute atomic E-state index is 0.130. The van der Waals surface area contributed by atoms with E-state index in [9.17, 15) is 13.2 Å². The predicted octanol–water partition coefficient (Wildman–Crippen LogP) is 2.41. The van der Waals surface area contributed by atoms with Gasteiger partial charge in [-0.25, -0.2) is 0 Å². The van der Waals surface area contributed by atoms with Crippen molar-refractivity contribution in [3.05, 3.63) is 29.6 Å². The third-order valence-corrected chi connectivity index (χ3v) is 1.99. The summed E-state index contributed by atoms with van der Waals surface area (Å²) in [6.45, 7) is 1.55. The summed E-state index contributed by atoms with van der Waals surface area (Å²) in [7, 11) is 0. The summed E-state index contributed by atoms with van der Waals surface area (Å²) in [6, 6.07) is 2.85. The number of hydrogen-bond donors (Lipinski definition) is 1. The molecule has 0 aliphatic carbocycles. The van der Waals surface area contributed by atoms with E-state index in [0.717, 1.165) is 6.20 Å². The van der Waals surface area contributed by atoms with Gasteiger partial charge in [-0.05, 0) is 31.4 Å². The lowest BCUT2D eigenvalue weighted by atomic mass is 10.1. The topological polar surface area (TPSA) is 33.1 Å². The number of pyridine rings is 1. The number of alkyl halides is 3. The van der Waals surface area contributed by atoms with Gasteiger partial charge >= 0.3 is 6.18 Å². The van der Waals surface area contributed by atoms with Crippen LogP contribution in [0.25, 0.3) is 0 Å². The van der Waals surface area contributed by atoms with Crippen LogP contribution in [-0.4, -0.2) is 16.2 Å². The lowest BCUT2D eigenvalue weighted by Gasteiger charge is -2.11. The Morgan fingerprint density at radius 3 is 2.67 bits per heavy atom. The van der Waals surface area contributed by atoms with E-state index in [1.54, 1.807) is 6.92 Å². The molecule has 0 saturated heterocycles. The van der Waals surface area contributed by atoms with Gasteiger partial charge in [0.2, 0.25) is 0 Å². The fraction of sp³-hybridized carbons (Fsp3) is 0.500. The van der Waals surface area contributed by atoms with E-state index in [-0.39, 0.29) is 12.0 Å². The van der Waals surface area contributed by atoms with Crippen LogP contribution in [0.4, 0.5) is 13.2 Å².